The molecule has 0 bridgehead atoms. The smallest absolute Gasteiger partial charge is 0.342 e. The van der Waals surface area contributed by atoms with Gasteiger partial charge in [0.05, 0.1) is 36.4 Å². The number of hydrogen-bond acceptors (Lipinski definition) is 9. The first-order chi connectivity index (χ1) is 15.3. The summed E-state index contributed by atoms with van der Waals surface area (Å²) in [6.45, 7) is 0. The number of carbonyl (C=O) groups excluding carboxylic acids is 3. The summed E-state index contributed by atoms with van der Waals surface area (Å²) in [6, 6.07) is 9.09. The molecule has 3 heterocycles. The van der Waals surface area contributed by atoms with Gasteiger partial charge >= 0.3 is 5.97 Å². The number of fused-ring (bicyclic) bond motifs is 5. The van der Waals surface area contributed by atoms with Gasteiger partial charge < -0.3 is 25.1 Å². The Morgan fingerprint density at radius 3 is 2.50 bits per heavy atom. The molecule has 9 nitrogen and oxygen atoms in total. The molecule has 0 radical (unpaired) electrons. The van der Waals surface area contributed by atoms with Crippen molar-refractivity contribution >= 4 is 35.2 Å². The third-order valence-electron chi connectivity index (χ3n) is 5.87. The van der Waals surface area contributed by atoms with Gasteiger partial charge in [-0.3, -0.25) is 9.59 Å². The van der Waals surface area contributed by atoms with Crippen molar-refractivity contribution in [3.8, 4) is 23.0 Å². The maximum absolute atomic E-state index is 13.6. The Morgan fingerprint density at radius 1 is 1.03 bits per heavy atom. The molecular formula is C22H18N2O7S. The summed E-state index contributed by atoms with van der Waals surface area (Å²) < 4.78 is 15.9. The Hall–Kier alpha value is -3.66. The van der Waals surface area contributed by atoms with E-state index < -0.39 is 34.9 Å². The fourth-order valence-corrected chi connectivity index (χ4v) is 5.70. The van der Waals surface area contributed by atoms with Crippen LogP contribution in [0, 0.1) is 5.92 Å². The Bertz CT molecular complexity index is 1220. The maximum Gasteiger partial charge on any atom is 0.342 e. The van der Waals surface area contributed by atoms with Gasteiger partial charge in [-0.15, -0.1) is 0 Å². The van der Waals surface area contributed by atoms with E-state index in [2.05, 4.69) is 0 Å². The van der Waals surface area contributed by atoms with Crippen molar-refractivity contribution in [2.24, 2.45) is 11.7 Å². The minimum Gasteiger partial charge on any atom is -0.508 e. The molecule has 2 amide bonds. The summed E-state index contributed by atoms with van der Waals surface area (Å²) in [5.74, 6) is -2.32. The van der Waals surface area contributed by atoms with Crippen LogP contribution in [0.1, 0.15) is 11.5 Å². The SMILES string of the molecule is COc1ccc(N2C(=O)[C@H]3[C@@H]4C(=C(N)S[C@H]3C2=O)C(=O)Oc2cc(O)ccc24)cc1OC. The Labute approximate surface area is 186 Å². The average molecular weight is 454 g/mol. The summed E-state index contributed by atoms with van der Waals surface area (Å²) in [4.78, 5) is 40.8. The molecule has 10 heteroatoms. The van der Waals surface area contributed by atoms with Crippen LogP contribution in [0.3, 0.4) is 0 Å². The van der Waals surface area contributed by atoms with Gasteiger partial charge in [0, 0.05) is 23.6 Å². The first-order valence-corrected chi connectivity index (χ1v) is 10.5. The largest absolute Gasteiger partial charge is 0.508 e. The normalized spacial score (nSPS) is 24.0. The van der Waals surface area contributed by atoms with Crippen molar-refractivity contribution in [2.75, 3.05) is 19.1 Å². The van der Waals surface area contributed by atoms with Gasteiger partial charge in [-0.1, -0.05) is 17.8 Å². The molecule has 164 valence electrons. The van der Waals surface area contributed by atoms with Crippen LogP contribution in [0.2, 0.25) is 0 Å². The summed E-state index contributed by atoms with van der Waals surface area (Å²) in [6.07, 6.45) is 0. The van der Waals surface area contributed by atoms with Crippen molar-refractivity contribution in [3.05, 3.63) is 52.6 Å². The van der Waals surface area contributed by atoms with E-state index in [1.54, 1.807) is 24.3 Å². The van der Waals surface area contributed by atoms with Crippen LogP contribution in [0.15, 0.2) is 47.0 Å². The van der Waals surface area contributed by atoms with E-state index in [1.807, 2.05) is 0 Å². The van der Waals surface area contributed by atoms with Gasteiger partial charge in [0.2, 0.25) is 11.8 Å². The van der Waals surface area contributed by atoms with Crippen molar-refractivity contribution < 1.29 is 33.7 Å². The molecule has 0 unspecified atom stereocenters. The van der Waals surface area contributed by atoms with Crippen LogP contribution in [0.25, 0.3) is 0 Å². The highest BCUT2D eigenvalue weighted by Gasteiger charge is 2.58. The van der Waals surface area contributed by atoms with Crippen LogP contribution >= 0.6 is 11.8 Å². The molecule has 2 aromatic carbocycles. The summed E-state index contributed by atoms with van der Waals surface area (Å²) in [5.41, 5.74) is 7.18. The molecule has 3 aliphatic heterocycles. The van der Waals surface area contributed by atoms with Crippen molar-refractivity contribution in [1.29, 1.82) is 0 Å². The Morgan fingerprint density at radius 2 is 1.78 bits per heavy atom. The van der Waals surface area contributed by atoms with Gasteiger partial charge in [-0.2, -0.15) is 0 Å². The molecule has 3 atom stereocenters. The lowest BCUT2D eigenvalue weighted by Crippen LogP contribution is -2.39. The first-order valence-electron chi connectivity index (χ1n) is 9.67. The van der Waals surface area contributed by atoms with Crippen LogP contribution in [-0.4, -0.2) is 42.4 Å². The number of anilines is 1. The lowest BCUT2D eigenvalue weighted by Gasteiger charge is -2.36. The van der Waals surface area contributed by atoms with Crippen molar-refractivity contribution in [1.82, 2.24) is 0 Å². The lowest BCUT2D eigenvalue weighted by atomic mass is 9.77. The number of imide groups is 1. The van der Waals surface area contributed by atoms with Gasteiger partial charge in [-0.05, 0) is 18.2 Å². The minimum atomic E-state index is -0.862. The number of rotatable bonds is 3. The molecular weight excluding hydrogens is 436 g/mol. The quantitative estimate of drug-likeness (QED) is 0.406. The number of amides is 2. The summed E-state index contributed by atoms with van der Waals surface area (Å²) >= 11 is 0.991. The molecule has 3 N–H and O–H groups in total. The molecule has 32 heavy (non-hydrogen) atoms. The number of nitrogens with two attached hydrogens (primary N) is 1. The molecule has 1 fully saturated rings. The van der Waals surface area contributed by atoms with E-state index in [0.717, 1.165) is 16.7 Å². The molecule has 0 aliphatic carbocycles. The van der Waals surface area contributed by atoms with E-state index in [9.17, 15) is 19.5 Å². The predicted molar refractivity (Wildman–Crippen MR) is 115 cm³/mol. The third kappa shape index (κ3) is 2.76. The Kier molecular flexibility index (Phi) is 4.55. The van der Waals surface area contributed by atoms with Gasteiger partial charge in [0.15, 0.2) is 11.5 Å². The number of ether oxygens (including phenoxy) is 3. The fraction of sp³-hybridized carbons (Fsp3) is 0.227. The topological polar surface area (TPSA) is 128 Å². The zero-order valence-corrected chi connectivity index (χ0v) is 17.8. The number of methoxy groups -OCH3 is 2. The first kappa shape index (κ1) is 20.3. The number of phenols is 1. The van der Waals surface area contributed by atoms with Gasteiger partial charge in [0.1, 0.15) is 16.7 Å². The van der Waals surface area contributed by atoms with Crippen LogP contribution in [0.4, 0.5) is 5.69 Å². The summed E-state index contributed by atoms with van der Waals surface area (Å²) in [5, 5.41) is 9.14. The number of benzene rings is 2. The van der Waals surface area contributed by atoms with E-state index in [4.69, 9.17) is 19.9 Å². The number of carbonyl (C=O) groups is 3. The summed E-state index contributed by atoms with van der Waals surface area (Å²) in [7, 11) is 2.95. The van der Waals surface area contributed by atoms with E-state index >= 15 is 0 Å². The van der Waals surface area contributed by atoms with Crippen LogP contribution in [0.5, 0.6) is 23.0 Å². The van der Waals surface area contributed by atoms with Gasteiger partial charge in [-0.25, -0.2) is 9.69 Å². The van der Waals surface area contributed by atoms with Crippen LogP contribution < -0.4 is 24.8 Å². The van der Waals surface area contributed by atoms with E-state index in [-0.39, 0.29) is 22.1 Å². The second-order valence-corrected chi connectivity index (χ2v) is 8.67. The number of thioether (sulfide) groups is 1. The molecule has 0 saturated carbocycles. The molecule has 5 rings (SSSR count). The monoisotopic (exact) mass is 454 g/mol. The zero-order valence-electron chi connectivity index (χ0n) is 17.0. The highest BCUT2D eigenvalue weighted by molar-refractivity contribution is 8.04. The van der Waals surface area contributed by atoms with E-state index in [0.29, 0.717) is 22.7 Å². The fourth-order valence-electron chi connectivity index (χ4n) is 4.46. The number of phenolic OH excluding ortho intramolecular Hbond substituents is 1. The Balaban J connectivity index is 1.62. The molecule has 3 aliphatic rings. The maximum atomic E-state index is 13.6. The number of nitrogens with zero attached hydrogens (tertiary/aromatic N) is 1. The molecule has 0 aromatic heterocycles. The van der Waals surface area contributed by atoms with Crippen molar-refractivity contribution in [2.45, 2.75) is 11.2 Å². The number of hydrogen-bond donors (Lipinski definition) is 2. The second kappa shape index (κ2) is 7.20. The average Bonchev–Trinajstić information content (AvgIpc) is 3.02. The zero-order chi connectivity index (χ0) is 22.7. The highest BCUT2D eigenvalue weighted by atomic mass is 32.2. The third-order valence-corrected chi connectivity index (χ3v) is 7.09. The number of esters is 1. The standard InChI is InChI=1S/C22H18N2O7S/c1-29-12-6-3-9(7-14(12)30-2)24-20(26)16-15-11-5-4-10(25)8-13(11)31-22(28)17(15)19(23)32-18(16)21(24)27/h3-8,15-16,18,25H,23H2,1-2H3/t15-,16+,18-/m1/s1. The molecule has 0 spiro atoms. The van der Waals surface area contributed by atoms with E-state index in [1.165, 1.54) is 26.4 Å². The van der Waals surface area contributed by atoms with Crippen LogP contribution in [-0.2, 0) is 14.4 Å². The highest BCUT2D eigenvalue weighted by Crippen LogP contribution is 2.55. The predicted octanol–water partition coefficient (Wildman–Crippen LogP) is 1.89. The molecule has 2 aromatic rings. The van der Waals surface area contributed by atoms with Crippen molar-refractivity contribution in [3.63, 3.8) is 0 Å². The molecule has 1 saturated heterocycles. The number of aromatic hydroxyl groups is 1. The minimum absolute atomic E-state index is 0.0838. The van der Waals surface area contributed by atoms with Gasteiger partial charge in [0.25, 0.3) is 0 Å². The second-order valence-electron chi connectivity index (χ2n) is 7.48. The lowest BCUT2D eigenvalue weighted by molar-refractivity contribution is -0.131.